The van der Waals surface area contributed by atoms with Crippen LogP contribution < -0.4 is 0 Å². The van der Waals surface area contributed by atoms with Crippen LogP contribution >= 0.6 is 0 Å². The van der Waals surface area contributed by atoms with Crippen molar-refractivity contribution >= 4 is 23.4 Å². The van der Waals surface area contributed by atoms with E-state index in [1.165, 1.54) is 14.2 Å². The molecule has 3 fully saturated rings. The van der Waals surface area contributed by atoms with Crippen LogP contribution in [0.15, 0.2) is 36.0 Å². The number of carbonyl (C=O) groups excluding carboxylic acids is 4. The lowest BCUT2D eigenvalue weighted by Crippen LogP contribution is -2.64. The van der Waals surface area contributed by atoms with E-state index in [0.29, 0.717) is 56.3 Å². The number of aliphatic hydroxyl groups excluding tert-OH is 2. The van der Waals surface area contributed by atoms with Crippen molar-refractivity contribution in [2.45, 2.75) is 166 Å². The Morgan fingerprint density at radius 1 is 1.00 bits per heavy atom. The molecule has 3 N–H and O–H groups in total. The number of hydrogen-bond donors (Lipinski definition) is 3. The molecule has 0 aromatic heterocycles. The lowest BCUT2D eigenvalue weighted by Gasteiger charge is -2.47. The van der Waals surface area contributed by atoms with Crippen LogP contribution in [-0.4, -0.2) is 132 Å². The summed E-state index contributed by atoms with van der Waals surface area (Å²) in [5.41, 5.74) is 0.916. The van der Waals surface area contributed by atoms with E-state index in [9.17, 15) is 34.5 Å². The number of piperidine rings is 1. The minimum absolute atomic E-state index is 0.0427. The van der Waals surface area contributed by atoms with Crippen molar-refractivity contribution in [1.29, 1.82) is 0 Å². The Kier molecular flexibility index (Phi) is 18.0. The van der Waals surface area contributed by atoms with Gasteiger partial charge in [0.1, 0.15) is 30.2 Å². The Morgan fingerprint density at radius 2 is 1.68 bits per heavy atom. The number of carbonyl (C=O) groups is 4. The molecule has 1 amide bonds. The number of allylic oxidation sites excluding steroid dienone is 3. The molecule has 2 saturated heterocycles. The van der Waals surface area contributed by atoms with Gasteiger partial charge in [0.2, 0.25) is 5.79 Å². The predicted octanol–water partition coefficient (Wildman–Crippen LogP) is 4.98. The number of Topliss-reactive ketones (excluding diaryl/α,β-unsaturated/α-hetero) is 2. The molecule has 3 heterocycles. The monoisotopic (exact) mass is 835 g/mol. The quantitative estimate of drug-likeness (QED) is 0.170. The molecule has 4 rings (SSSR count). The Bertz CT molecular complexity index is 1540. The Balaban J connectivity index is 1.76. The number of rotatable bonds is 8. The molecule has 15 atom stereocenters. The highest BCUT2D eigenvalue weighted by Gasteiger charge is 2.57. The highest BCUT2D eigenvalue weighted by atomic mass is 19.1. The molecule has 2 bridgehead atoms. The number of fused-ring (bicyclic) bond motifs is 3. The fourth-order valence-electron chi connectivity index (χ4n) is 9.43. The Morgan fingerprint density at radius 3 is 2.31 bits per heavy atom. The first-order valence-electron chi connectivity index (χ1n) is 21.6. The Labute approximate surface area is 349 Å². The first-order chi connectivity index (χ1) is 27.9. The number of cyclic esters (lactones) is 1. The highest BCUT2D eigenvalue weighted by molar-refractivity contribution is 6.39. The van der Waals surface area contributed by atoms with E-state index >= 15 is 4.39 Å². The van der Waals surface area contributed by atoms with Crippen LogP contribution in [-0.2, 0) is 42.9 Å². The number of halogens is 1. The minimum atomic E-state index is -2.61. The van der Waals surface area contributed by atoms with Gasteiger partial charge in [-0.15, -0.1) is 6.58 Å². The molecule has 59 heavy (non-hydrogen) atoms. The standard InChI is InChI=1S/C45H70FNO12/c1-10-18-57-36-16-15-30(23-35(36)50)19-27(5)40-29(7)33(48)24-34(49)31(11-2)20-25(3)39(46)26(4)21-37(55-8)41-38(56-9)22-28(6)45(54,59-41)42(51)43(52)47-17-13-12-14-32(47)44(53)58-40/h10,19-20,26,28-33,35-41,48,50,54H,1,11-18,21-24H2,2-9H3/b25-20+,27-19?. The average Bonchev–Trinajstić information content (AvgIpc) is 3.22. The van der Waals surface area contributed by atoms with Crippen LogP contribution in [0.1, 0.15) is 106 Å². The molecule has 1 saturated carbocycles. The number of aliphatic hydroxyl groups is 3. The van der Waals surface area contributed by atoms with Gasteiger partial charge >= 0.3 is 5.97 Å². The molecule has 0 radical (unpaired) electrons. The molecule has 13 nitrogen and oxygen atoms in total. The second-order valence-corrected chi connectivity index (χ2v) is 17.5. The highest BCUT2D eigenvalue weighted by Crippen LogP contribution is 2.39. The summed E-state index contributed by atoms with van der Waals surface area (Å²) in [4.78, 5) is 57.7. The normalized spacial score (nSPS) is 41.3. The second-order valence-electron chi connectivity index (χ2n) is 17.5. The van der Waals surface area contributed by atoms with E-state index in [0.717, 1.165) is 4.90 Å². The lowest BCUT2D eigenvalue weighted by molar-refractivity contribution is -0.302. The summed E-state index contributed by atoms with van der Waals surface area (Å²) in [6, 6.07) is -1.19. The van der Waals surface area contributed by atoms with Crippen molar-refractivity contribution in [2.24, 2.45) is 29.6 Å². The second kappa shape index (κ2) is 21.8. The van der Waals surface area contributed by atoms with Gasteiger partial charge in [-0.25, -0.2) is 9.18 Å². The maximum atomic E-state index is 16.2. The van der Waals surface area contributed by atoms with Gasteiger partial charge in [-0.05, 0) is 94.6 Å². The van der Waals surface area contributed by atoms with Gasteiger partial charge in [0.25, 0.3) is 11.7 Å². The van der Waals surface area contributed by atoms with Crippen LogP contribution in [0.5, 0.6) is 0 Å². The van der Waals surface area contributed by atoms with Crippen LogP contribution in [0, 0.1) is 29.6 Å². The van der Waals surface area contributed by atoms with Crippen molar-refractivity contribution < 1.29 is 62.6 Å². The summed E-state index contributed by atoms with van der Waals surface area (Å²) in [5, 5.41) is 34.5. The molecule has 14 heteroatoms. The summed E-state index contributed by atoms with van der Waals surface area (Å²) in [7, 11) is 2.87. The SMILES string of the molecule is C=CCOC1CCC(C=C(C)C2OC(=O)C3CCCCN3C(=O)C(=O)C3(O)OC(C(OC)CC(C)C(F)/C(C)=C/C(CC)C(=O)CC(O)C2C)C(OC)CC3C)CC1O. The fraction of sp³-hybridized carbons (Fsp3) is 0.778. The predicted molar refractivity (Wildman–Crippen MR) is 217 cm³/mol. The smallest absolute Gasteiger partial charge is 0.329 e. The summed E-state index contributed by atoms with van der Waals surface area (Å²) < 4.78 is 45.9. The molecule has 0 aromatic carbocycles. The van der Waals surface area contributed by atoms with Crippen molar-refractivity contribution in [3.05, 3.63) is 36.0 Å². The third-order valence-corrected chi connectivity index (χ3v) is 13.2. The van der Waals surface area contributed by atoms with E-state index in [1.807, 2.05) is 13.0 Å². The third-order valence-electron chi connectivity index (χ3n) is 13.2. The van der Waals surface area contributed by atoms with Crippen LogP contribution in [0.3, 0.4) is 0 Å². The summed E-state index contributed by atoms with van der Waals surface area (Å²) in [6.45, 7) is 14.2. The Hall–Kier alpha value is -2.85. The zero-order valence-corrected chi connectivity index (χ0v) is 36.3. The van der Waals surface area contributed by atoms with Gasteiger partial charge in [0.15, 0.2) is 0 Å². The molecular formula is C45H70FNO12. The third kappa shape index (κ3) is 11.5. The number of ketones is 2. The van der Waals surface area contributed by atoms with Crippen molar-refractivity contribution in [1.82, 2.24) is 4.90 Å². The van der Waals surface area contributed by atoms with E-state index in [1.54, 1.807) is 46.8 Å². The molecule has 1 aliphatic carbocycles. The van der Waals surface area contributed by atoms with E-state index in [4.69, 9.17) is 23.7 Å². The van der Waals surface area contributed by atoms with Crippen LogP contribution in [0.25, 0.3) is 0 Å². The zero-order chi connectivity index (χ0) is 43.8. The number of nitrogens with zero attached hydrogens (tertiary/aromatic N) is 1. The summed E-state index contributed by atoms with van der Waals surface area (Å²) in [5.74, 6) is -9.25. The molecular weight excluding hydrogens is 765 g/mol. The molecule has 15 unspecified atom stereocenters. The first kappa shape index (κ1) is 48.8. The van der Waals surface area contributed by atoms with Gasteiger partial charge in [0.05, 0.1) is 37.1 Å². The summed E-state index contributed by atoms with van der Waals surface area (Å²) in [6.07, 6.45) is 0.778. The maximum absolute atomic E-state index is 16.2. The van der Waals surface area contributed by atoms with Crippen LogP contribution in [0.2, 0.25) is 0 Å². The van der Waals surface area contributed by atoms with Gasteiger partial charge in [-0.2, -0.15) is 0 Å². The zero-order valence-electron chi connectivity index (χ0n) is 36.3. The largest absolute Gasteiger partial charge is 0.456 e. The molecule has 0 spiro atoms. The minimum Gasteiger partial charge on any atom is -0.456 e. The van der Waals surface area contributed by atoms with Crippen LogP contribution in [0.4, 0.5) is 4.39 Å². The number of methoxy groups -OCH3 is 2. The number of alkyl halides is 1. The number of ether oxygens (including phenoxy) is 5. The molecule has 3 aliphatic heterocycles. The molecule has 334 valence electrons. The topological polar surface area (TPSA) is 178 Å². The maximum Gasteiger partial charge on any atom is 0.329 e. The lowest BCUT2D eigenvalue weighted by atomic mass is 9.81. The van der Waals surface area contributed by atoms with Crippen molar-refractivity contribution in [2.75, 3.05) is 27.4 Å². The first-order valence-corrected chi connectivity index (χ1v) is 21.6. The van der Waals surface area contributed by atoms with E-state index in [-0.39, 0.29) is 50.0 Å². The van der Waals surface area contributed by atoms with Crippen molar-refractivity contribution in [3.8, 4) is 0 Å². The van der Waals surface area contributed by atoms with Gasteiger partial charge in [0, 0.05) is 44.9 Å². The molecule has 0 aromatic rings. The van der Waals surface area contributed by atoms with Gasteiger partial charge in [-0.1, -0.05) is 45.9 Å². The van der Waals surface area contributed by atoms with Gasteiger partial charge in [-0.3, -0.25) is 14.4 Å². The fourth-order valence-corrected chi connectivity index (χ4v) is 9.43. The van der Waals surface area contributed by atoms with Crippen molar-refractivity contribution in [3.63, 3.8) is 0 Å². The average molecular weight is 836 g/mol. The van der Waals surface area contributed by atoms with E-state index in [2.05, 4.69) is 6.58 Å². The number of esters is 1. The number of hydrogen-bond acceptors (Lipinski definition) is 12. The number of amides is 1. The van der Waals surface area contributed by atoms with E-state index < -0.39 is 96.0 Å². The van der Waals surface area contributed by atoms with Gasteiger partial charge < -0.3 is 43.9 Å². The summed E-state index contributed by atoms with van der Waals surface area (Å²) >= 11 is 0. The molecule has 4 aliphatic rings.